The number of hydrogen-bond acceptors (Lipinski definition) is 3. The second-order valence-electron chi connectivity index (χ2n) is 5.96. The summed E-state index contributed by atoms with van der Waals surface area (Å²) in [6.45, 7) is 5.04. The molecule has 0 N–H and O–H groups in total. The highest BCUT2D eigenvalue weighted by Crippen LogP contribution is 2.42. The van der Waals surface area contributed by atoms with E-state index >= 15 is 0 Å². The first-order valence-corrected chi connectivity index (χ1v) is 7.19. The Morgan fingerprint density at radius 3 is 2.00 bits per heavy atom. The molecule has 3 nitrogen and oxygen atoms in total. The highest BCUT2D eigenvalue weighted by molar-refractivity contribution is 6.67. The first-order valence-electron chi connectivity index (χ1n) is 6.05. The van der Waals surface area contributed by atoms with Crippen molar-refractivity contribution in [2.24, 2.45) is 17.3 Å². The molecule has 1 rings (SSSR count). The van der Waals surface area contributed by atoms with E-state index in [0.29, 0.717) is 0 Å². The van der Waals surface area contributed by atoms with Gasteiger partial charge in [0.1, 0.15) is 17.3 Å². The van der Waals surface area contributed by atoms with Crippen molar-refractivity contribution in [1.29, 1.82) is 0 Å². The van der Waals surface area contributed by atoms with Crippen LogP contribution in [0.4, 0.5) is 0 Å². The maximum atomic E-state index is 12.1. The molecule has 0 bridgehead atoms. The average Bonchev–Trinajstić information content (AvgIpc) is 2.10. The second-order valence-corrected chi connectivity index (χ2v) is 8.48. The Balaban J connectivity index is 3.00. The molecule has 1 aliphatic rings. The molecule has 1 atom stereocenters. The Bertz CT molecular complexity index is 390. The van der Waals surface area contributed by atoms with Gasteiger partial charge in [-0.2, -0.15) is 0 Å². The highest BCUT2D eigenvalue weighted by Gasteiger charge is 2.46. The summed E-state index contributed by atoms with van der Waals surface area (Å²) >= 11 is 17.1. The minimum Gasteiger partial charge on any atom is -0.300 e. The quantitative estimate of drug-likeness (QED) is 0.588. The first kappa shape index (κ1) is 16.9. The molecule has 1 aliphatic carbocycles. The van der Waals surface area contributed by atoms with Crippen LogP contribution < -0.4 is 0 Å². The molecule has 0 unspecified atom stereocenters. The molecule has 1 fully saturated rings. The van der Waals surface area contributed by atoms with Crippen molar-refractivity contribution in [3.8, 4) is 0 Å². The zero-order valence-corrected chi connectivity index (χ0v) is 13.4. The van der Waals surface area contributed by atoms with Crippen molar-refractivity contribution in [2.45, 2.75) is 43.8 Å². The van der Waals surface area contributed by atoms with E-state index in [1.807, 2.05) is 13.8 Å². The van der Waals surface area contributed by atoms with Gasteiger partial charge in [0.15, 0.2) is 3.79 Å². The molecule has 19 heavy (non-hydrogen) atoms. The molecule has 0 aromatic rings. The van der Waals surface area contributed by atoms with Crippen molar-refractivity contribution in [3.05, 3.63) is 0 Å². The molecule has 0 amide bonds. The van der Waals surface area contributed by atoms with Gasteiger partial charge in [0, 0.05) is 25.2 Å². The van der Waals surface area contributed by atoms with Gasteiger partial charge in [-0.05, 0) is 12.3 Å². The predicted octanol–water partition coefficient (Wildman–Crippen LogP) is 3.53. The lowest BCUT2D eigenvalue weighted by Gasteiger charge is -2.35. The fraction of sp³-hybridized carbons (Fsp3) is 0.769. The number of carbonyl (C=O) groups is 3. The number of carbonyl (C=O) groups excluding carboxylic acids is 3. The van der Waals surface area contributed by atoms with Gasteiger partial charge in [0.2, 0.25) is 0 Å². The monoisotopic (exact) mass is 326 g/mol. The van der Waals surface area contributed by atoms with Crippen molar-refractivity contribution in [3.63, 3.8) is 0 Å². The molecule has 0 aromatic heterocycles. The third-order valence-electron chi connectivity index (χ3n) is 3.38. The molecular formula is C13H17Cl3O3. The Morgan fingerprint density at radius 1 is 1.26 bits per heavy atom. The van der Waals surface area contributed by atoms with Gasteiger partial charge >= 0.3 is 0 Å². The fourth-order valence-corrected chi connectivity index (χ4v) is 3.10. The summed E-state index contributed by atoms with van der Waals surface area (Å²) in [4.78, 5) is 36.0. The standard InChI is InChI=1S/C13H17Cl3O3/c1-7(17)8(4-13(14,15)16)11-9(18)5-12(2,3)6-10(11)19/h8,11H,4-6H2,1-3H3/t8-/m1/s1. The maximum Gasteiger partial charge on any atom is 0.191 e. The zero-order valence-electron chi connectivity index (χ0n) is 11.1. The van der Waals surface area contributed by atoms with E-state index in [9.17, 15) is 14.4 Å². The summed E-state index contributed by atoms with van der Waals surface area (Å²) in [6.07, 6.45) is 0.426. The van der Waals surface area contributed by atoms with E-state index in [0.717, 1.165) is 0 Å². The van der Waals surface area contributed by atoms with Crippen LogP contribution in [-0.2, 0) is 14.4 Å². The van der Waals surface area contributed by atoms with E-state index < -0.39 is 15.6 Å². The Hall–Kier alpha value is -0.120. The van der Waals surface area contributed by atoms with Crippen LogP contribution >= 0.6 is 34.8 Å². The molecule has 0 spiro atoms. The average molecular weight is 328 g/mol. The molecule has 0 aliphatic heterocycles. The normalized spacial score (nSPS) is 22.4. The molecule has 108 valence electrons. The van der Waals surface area contributed by atoms with E-state index in [1.54, 1.807) is 0 Å². The summed E-state index contributed by atoms with van der Waals surface area (Å²) in [7, 11) is 0. The van der Waals surface area contributed by atoms with Gasteiger partial charge < -0.3 is 0 Å². The van der Waals surface area contributed by atoms with Gasteiger partial charge in [-0.1, -0.05) is 48.7 Å². The topological polar surface area (TPSA) is 51.2 Å². The highest BCUT2D eigenvalue weighted by atomic mass is 35.6. The number of Topliss-reactive ketones (excluding diaryl/α,β-unsaturated/α-hetero) is 3. The SMILES string of the molecule is CC(=O)[C@@H](CC(Cl)(Cl)Cl)C1C(=O)CC(C)(C)CC1=O. The van der Waals surface area contributed by atoms with Crippen LogP contribution in [0.15, 0.2) is 0 Å². The summed E-state index contributed by atoms with van der Waals surface area (Å²) in [6, 6.07) is 0. The minimum absolute atomic E-state index is 0.116. The van der Waals surface area contributed by atoms with E-state index in [-0.39, 0.29) is 42.0 Å². The third-order valence-corrected chi connectivity index (χ3v) is 3.84. The van der Waals surface area contributed by atoms with Crippen LogP contribution in [0, 0.1) is 17.3 Å². The van der Waals surface area contributed by atoms with Crippen molar-refractivity contribution in [1.82, 2.24) is 0 Å². The number of hydrogen-bond donors (Lipinski definition) is 0. The number of halogens is 3. The van der Waals surface area contributed by atoms with Crippen LogP contribution in [0.2, 0.25) is 0 Å². The van der Waals surface area contributed by atoms with E-state index in [1.165, 1.54) is 6.92 Å². The lowest BCUT2D eigenvalue weighted by atomic mass is 9.67. The van der Waals surface area contributed by atoms with Crippen molar-refractivity contribution < 1.29 is 14.4 Å². The van der Waals surface area contributed by atoms with Gasteiger partial charge in [0.25, 0.3) is 0 Å². The number of ketones is 3. The molecule has 1 saturated carbocycles. The Morgan fingerprint density at radius 2 is 1.68 bits per heavy atom. The van der Waals surface area contributed by atoms with Gasteiger partial charge in [0.05, 0.1) is 5.92 Å². The van der Waals surface area contributed by atoms with Crippen molar-refractivity contribution >= 4 is 52.2 Å². The van der Waals surface area contributed by atoms with E-state index in [2.05, 4.69) is 0 Å². The van der Waals surface area contributed by atoms with Crippen LogP contribution in [0.5, 0.6) is 0 Å². The molecular weight excluding hydrogens is 310 g/mol. The van der Waals surface area contributed by atoms with Gasteiger partial charge in [-0.3, -0.25) is 14.4 Å². The smallest absolute Gasteiger partial charge is 0.191 e. The summed E-state index contributed by atoms with van der Waals surface area (Å²) in [5.41, 5.74) is -0.355. The Labute approximate surface area is 128 Å². The van der Waals surface area contributed by atoms with Crippen LogP contribution in [0.25, 0.3) is 0 Å². The summed E-state index contributed by atoms with van der Waals surface area (Å²) < 4.78 is -1.65. The van der Waals surface area contributed by atoms with Gasteiger partial charge in [-0.15, -0.1) is 0 Å². The van der Waals surface area contributed by atoms with E-state index in [4.69, 9.17) is 34.8 Å². The maximum absolute atomic E-state index is 12.1. The van der Waals surface area contributed by atoms with Gasteiger partial charge in [-0.25, -0.2) is 0 Å². The molecule has 0 saturated heterocycles. The lowest BCUT2D eigenvalue weighted by Crippen LogP contribution is -2.44. The fourth-order valence-electron chi connectivity index (χ4n) is 2.60. The van der Waals surface area contributed by atoms with Crippen LogP contribution in [0.3, 0.4) is 0 Å². The molecule has 0 aromatic carbocycles. The Kier molecular flexibility index (Phi) is 5.09. The number of alkyl halides is 3. The molecule has 0 heterocycles. The minimum atomic E-state index is -1.65. The second kappa shape index (κ2) is 5.71. The largest absolute Gasteiger partial charge is 0.300 e. The molecule has 6 heteroatoms. The molecule has 0 radical (unpaired) electrons. The number of rotatable bonds is 3. The summed E-state index contributed by atoms with van der Waals surface area (Å²) in [5, 5.41) is 0. The predicted molar refractivity (Wildman–Crippen MR) is 75.6 cm³/mol. The first-order chi connectivity index (χ1) is 8.43. The zero-order chi connectivity index (χ0) is 15.0. The van der Waals surface area contributed by atoms with Crippen molar-refractivity contribution in [2.75, 3.05) is 0 Å². The van der Waals surface area contributed by atoms with Crippen LogP contribution in [-0.4, -0.2) is 21.1 Å². The summed E-state index contributed by atoms with van der Waals surface area (Å²) in [5.74, 6) is -2.55. The van der Waals surface area contributed by atoms with Crippen LogP contribution in [0.1, 0.15) is 40.0 Å². The third kappa shape index (κ3) is 4.73. The lowest BCUT2D eigenvalue weighted by molar-refractivity contribution is -0.145.